The number of pyridine rings is 1. The number of anilines is 4. The van der Waals surface area contributed by atoms with Crippen LogP contribution in [0.3, 0.4) is 0 Å². The molecular weight excluding hydrogens is 1240 g/mol. The van der Waals surface area contributed by atoms with E-state index in [-0.39, 0.29) is 31.9 Å². The van der Waals surface area contributed by atoms with Crippen LogP contribution >= 0.6 is 0 Å². The van der Waals surface area contributed by atoms with Gasteiger partial charge >= 0.3 is 0 Å². The van der Waals surface area contributed by atoms with Crippen molar-refractivity contribution in [3.63, 3.8) is 0 Å². The van der Waals surface area contributed by atoms with Crippen LogP contribution < -0.4 is 14.5 Å². The Kier molecular flexibility index (Phi) is 15.0. The second-order valence-electron chi connectivity index (χ2n) is 24.6. The predicted molar refractivity (Wildman–Crippen MR) is 359 cm³/mol. The van der Waals surface area contributed by atoms with E-state index in [0.29, 0.717) is 11.5 Å². The molecule has 0 bridgehead atoms. The van der Waals surface area contributed by atoms with Gasteiger partial charge in [0.2, 0.25) is 0 Å². The van der Waals surface area contributed by atoms with Crippen LogP contribution in [0.25, 0.3) is 94.4 Å². The van der Waals surface area contributed by atoms with Crippen molar-refractivity contribution < 1.29 is 25.8 Å². The molecule has 5 nitrogen and oxygen atoms in total. The zero-order chi connectivity index (χ0) is 58.7. The molecule has 1 aliphatic rings. The first-order valence-electron chi connectivity index (χ1n) is 29.7. The number of aryl methyl sites for hydroxylation is 1. The summed E-state index contributed by atoms with van der Waals surface area (Å²) in [6, 6.07) is 99.2. The van der Waals surface area contributed by atoms with Gasteiger partial charge in [0.1, 0.15) is 5.82 Å². The normalized spacial score (nSPS) is 12.4. The van der Waals surface area contributed by atoms with Crippen LogP contribution in [0, 0.1) is 25.7 Å². The van der Waals surface area contributed by atoms with Gasteiger partial charge in [-0.25, -0.2) is 4.98 Å². The van der Waals surface area contributed by atoms with Gasteiger partial charge in [-0.05, 0) is 104 Å². The van der Waals surface area contributed by atoms with Crippen LogP contribution in [0.15, 0.2) is 261 Å². The van der Waals surface area contributed by atoms with Gasteiger partial charge in [-0.1, -0.05) is 264 Å². The first kappa shape index (κ1) is 56.6. The molecule has 13 aromatic rings. The Morgan fingerprint density at radius 3 is 1.55 bits per heavy atom. The summed E-state index contributed by atoms with van der Waals surface area (Å²) >= 11 is 0. The molecule has 0 atom stereocenters. The van der Waals surface area contributed by atoms with Crippen LogP contribution in [-0.4, -0.2) is 9.55 Å². The zero-order valence-corrected chi connectivity index (χ0v) is 52.2. The summed E-state index contributed by atoms with van der Waals surface area (Å²) in [6.45, 7) is 18.0. The maximum absolute atomic E-state index is 7.42. The van der Waals surface area contributed by atoms with Crippen molar-refractivity contribution in [1.29, 1.82) is 0 Å². The van der Waals surface area contributed by atoms with E-state index in [4.69, 9.17) is 9.72 Å². The number of aromatic nitrogens is 2. The molecule has 6 heteroatoms. The van der Waals surface area contributed by atoms with Crippen LogP contribution in [0.5, 0.6) is 11.5 Å². The van der Waals surface area contributed by atoms with Gasteiger partial charge in [0.25, 0.3) is 0 Å². The van der Waals surface area contributed by atoms with E-state index in [1.54, 1.807) is 0 Å². The fourth-order valence-corrected chi connectivity index (χ4v) is 12.2. The average Bonchev–Trinajstić information content (AvgIpc) is 1.64. The Bertz CT molecular complexity index is 4660. The van der Waals surface area contributed by atoms with E-state index >= 15 is 0 Å². The van der Waals surface area contributed by atoms with Crippen molar-refractivity contribution in [3.8, 4) is 84.1 Å². The topological polar surface area (TPSA) is 33.5 Å². The van der Waals surface area contributed by atoms with Crippen molar-refractivity contribution in [2.45, 2.75) is 59.3 Å². The maximum Gasteiger partial charge on any atom is 0.135 e. The van der Waals surface area contributed by atoms with Gasteiger partial charge in [-0.15, -0.1) is 47.6 Å². The summed E-state index contributed by atoms with van der Waals surface area (Å²) in [5.41, 5.74) is 22.5. The van der Waals surface area contributed by atoms with Crippen molar-refractivity contribution in [3.05, 3.63) is 296 Å². The van der Waals surface area contributed by atoms with Crippen molar-refractivity contribution in [2.75, 3.05) is 9.80 Å². The number of hydrogen-bond acceptors (Lipinski definition) is 4. The SMILES string of the molecule is Cc1cc(-n2c3[c-]c(Oc4[c-]c(N5[CH-]N(c6c(-c7ccc(C(C)(C)C)cc7)cccc6-c6cccc(-c7ccccc7)c6)c6ccccc65)cc(C(C)(C)C)c4)c(-c4ccccc4)cc3c3cc(-c4ccccc4)ccc32)ncc1-c1ccccc1.[Pt]. The molecule has 14 rings (SSSR count). The zero-order valence-electron chi connectivity index (χ0n) is 49.9. The summed E-state index contributed by atoms with van der Waals surface area (Å²) < 4.78 is 9.67. The minimum absolute atomic E-state index is 0. The molecule has 3 heterocycles. The molecule has 0 fully saturated rings. The van der Waals surface area contributed by atoms with Gasteiger partial charge in [0, 0.05) is 78.0 Å². The molecule has 0 amide bonds. The molecule has 2 aromatic heterocycles. The summed E-state index contributed by atoms with van der Waals surface area (Å²) in [4.78, 5) is 9.89. The average molecular weight is 1310 g/mol. The quantitative estimate of drug-likeness (QED) is 0.121. The van der Waals surface area contributed by atoms with Gasteiger partial charge < -0.3 is 19.1 Å². The van der Waals surface area contributed by atoms with Crippen molar-refractivity contribution >= 4 is 44.6 Å². The molecule has 87 heavy (non-hydrogen) atoms. The van der Waals surface area contributed by atoms with Crippen LogP contribution in [0.2, 0.25) is 0 Å². The number of nitrogens with zero attached hydrogens (tertiary/aromatic N) is 4. The number of hydrogen-bond donors (Lipinski definition) is 0. The minimum atomic E-state index is -0.266. The predicted octanol–water partition coefficient (Wildman–Crippen LogP) is 21.9. The van der Waals surface area contributed by atoms with Crippen LogP contribution in [0.4, 0.5) is 22.7 Å². The maximum atomic E-state index is 7.42. The van der Waals surface area contributed by atoms with E-state index in [2.05, 4.69) is 336 Å². The molecule has 11 aromatic carbocycles. The second kappa shape index (κ2) is 23.0. The van der Waals surface area contributed by atoms with Crippen LogP contribution in [0.1, 0.15) is 58.2 Å². The summed E-state index contributed by atoms with van der Waals surface area (Å²) in [7, 11) is 0. The number of ether oxygens (including phenoxy) is 1. The van der Waals surface area contributed by atoms with Gasteiger partial charge in [-0.2, -0.15) is 6.07 Å². The third-order valence-electron chi connectivity index (χ3n) is 16.8. The molecular formula is C81H65N4OPt-3. The Morgan fingerprint density at radius 1 is 0.414 bits per heavy atom. The number of rotatable bonds is 11. The Balaban J connectivity index is 0.00000700. The third-order valence-corrected chi connectivity index (χ3v) is 16.8. The van der Waals surface area contributed by atoms with Crippen LogP contribution in [-0.2, 0) is 31.9 Å². The fraction of sp³-hybridized carbons (Fsp3) is 0.111. The number of para-hydroxylation sites is 3. The Labute approximate surface area is 526 Å². The standard InChI is InChI=1S/C81H65N4O.Pt/c1-54-44-78(82-52-72(54)58-30-18-11-19-31-58)85-73-43-40-61(56-26-14-9-15-27-56)46-70(73)71-50-69(57-28-16-10-17-29-57)77(51-76(71)85)86-66-48-64(81(5,6)7)47-65(49-66)83-53-84(75-37-21-20-36-74(75)83)79-67(59-38-41-63(42-39-59)80(2,3)4)34-23-35-68(79)62-33-22-32-60(45-62)55-24-12-8-13-25-55;/h8-48,50,52-53H,1-7H3;/q-3;. The Morgan fingerprint density at radius 2 is 0.931 bits per heavy atom. The van der Waals surface area contributed by atoms with E-state index in [9.17, 15) is 0 Å². The smallest absolute Gasteiger partial charge is 0.135 e. The monoisotopic (exact) mass is 1300 g/mol. The molecule has 0 aliphatic carbocycles. The molecule has 0 radical (unpaired) electrons. The first-order valence-corrected chi connectivity index (χ1v) is 29.7. The van der Waals surface area contributed by atoms with E-state index in [0.717, 1.165) is 123 Å². The van der Waals surface area contributed by atoms with E-state index < -0.39 is 0 Å². The van der Waals surface area contributed by atoms with Crippen molar-refractivity contribution in [1.82, 2.24) is 9.55 Å². The first-order chi connectivity index (χ1) is 41.8. The van der Waals surface area contributed by atoms with E-state index in [1.165, 1.54) is 11.1 Å². The molecule has 1 aliphatic heterocycles. The molecule has 0 spiro atoms. The van der Waals surface area contributed by atoms with Gasteiger partial charge in [0.05, 0.1) is 0 Å². The Hall–Kier alpha value is -9.54. The number of fused-ring (bicyclic) bond motifs is 4. The molecule has 428 valence electrons. The number of benzene rings is 11. The van der Waals surface area contributed by atoms with Crippen molar-refractivity contribution in [2.24, 2.45) is 0 Å². The molecule has 0 saturated heterocycles. The molecule has 0 N–H and O–H groups in total. The summed E-state index contributed by atoms with van der Waals surface area (Å²) in [5, 5.41) is 2.14. The largest absolute Gasteiger partial charge is 0.509 e. The third kappa shape index (κ3) is 10.9. The van der Waals surface area contributed by atoms with Gasteiger partial charge in [0.15, 0.2) is 0 Å². The van der Waals surface area contributed by atoms with Gasteiger partial charge in [-0.3, -0.25) is 0 Å². The summed E-state index contributed by atoms with van der Waals surface area (Å²) in [5.74, 6) is 1.97. The second-order valence-corrected chi connectivity index (χ2v) is 24.6. The fourth-order valence-electron chi connectivity index (χ4n) is 12.2. The summed E-state index contributed by atoms with van der Waals surface area (Å²) in [6.07, 6.45) is 2.00. The molecule has 0 unspecified atom stereocenters. The van der Waals surface area contributed by atoms with E-state index in [1.807, 2.05) is 6.20 Å². The minimum Gasteiger partial charge on any atom is -0.509 e. The molecule has 0 saturated carbocycles.